The van der Waals surface area contributed by atoms with E-state index < -0.39 is 11.5 Å². The number of ketones is 1. The number of hydrogen-bond acceptors (Lipinski definition) is 3. The summed E-state index contributed by atoms with van der Waals surface area (Å²) in [4.78, 5) is 25.1. The third-order valence-electron chi connectivity index (χ3n) is 7.59. The highest BCUT2D eigenvalue weighted by atomic mass is 16.5. The van der Waals surface area contributed by atoms with E-state index in [1.165, 1.54) is 12.5 Å². The summed E-state index contributed by atoms with van der Waals surface area (Å²) in [5, 5.41) is 0. The first-order valence-electron chi connectivity index (χ1n) is 9.63. The molecule has 1 fully saturated rings. The molecule has 0 aliphatic heterocycles. The minimum absolute atomic E-state index is 0.144. The Labute approximate surface area is 151 Å². The molecular weight excluding hydrogens is 312 g/mol. The zero-order valence-corrected chi connectivity index (χ0v) is 16.5. The van der Waals surface area contributed by atoms with E-state index in [0.717, 1.165) is 25.7 Å². The Morgan fingerprint density at radius 1 is 1.28 bits per heavy atom. The smallest absolute Gasteiger partial charge is 0.302 e. The van der Waals surface area contributed by atoms with Gasteiger partial charge in [-0.25, -0.2) is 0 Å². The van der Waals surface area contributed by atoms with Crippen LogP contribution in [-0.2, 0) is 14.3 Å². The average Bonchev–Trinajstić information content (AvgIpc) is 2.52. The van der Waals surface area contributed by atoms with Gasteiger partial charge in [0.1, 0.15) is 6.10 Å². The lowest BCUT2D eigenvalue weighted by Gasteiger charge is -2.59. The molecule has 3 nitrogen and oxygen atoms in total. The summed E-state index contributed by atoms with van der Waals surface area (Å²) in [7, 11) is 0. The minimum atomic E-state index is -0.736. The van der Waals surface area contributed by atoms with Gasteiger partial charge in [0.05, 0.1) is 5.41 Å². The van der Waals surface area contributed by atoms with Crippen molar-refractivity contribution in [3.8, 4) is 0 Å². The number of allylic oxidation sites excluding steroid dienone is 3. The lowest BCUT2D eigenvalue weighted by molar-refractivity contribution is -0.162. The van der Waals surface area contributed by atoms with E-state index in [4.69, 9.17) is 4.74 Å². The van der Waals surface area contributed by atoms with Crippen LogP contribution in [0.5, 0.6) is 0 Å². The maximum atomic E-state index is 13.6. The number of hydrogen-bond donors (Lipinski definition) is 0. The fourth-order valence-electron chi connectivity index (χ4n) is 5.77. The summed E-state index contributed by atoms with van der Waals surface area (Å²) < 4.78 is 5.41. The molecule has 25 heavy (non-hydrogen) atoms. The third kappa shape index (κ3) is 2.62. The summed E-state index contributed by atoms with van der Waals surface area (Å²) in [6, 6.07) is 0. The van der Waals surface area contributed by atoms with Gasteiger partial charge in [-0.3, -0.25) is 9.59 Å². The van der Waals surface area contributed by atoms with Crippen molar-refractivity contribution in [1.82, 2.24) is 0 Å². The van der Waals surface area contributed by atoms with Crippen molar-refractivity contribution in [2.75, 3.05) is 0 Å². The monoisotopic (exact) mass is 344 g/mol. The molecule has 0 radical (unpaired) electrons. The van der Waals surface area contributed by atoms with Crippen LogP contribution < -0.4 is 0 Å². The fraction of sp³-hybridized carbons (Fsp3) is 0.727. The number of fused-ring (bicyclic) bond motifs is 3. The number of Topliss-reactive ketones (excluding diaryl/α,β-unsaturated/α-hetero) is 1. The molecule has 3 aliphatic carbocycles. The molecule has 0 aromatic carbocycles. The zero-order chi connectivity index (χ0) is 18.6. The van der Waals surface area contributed by atoms with E-state index in [0.29, 0.717) is 5.92 Å². The summed E-state index contributed by atoms with van der Waals surface area (Å²) in [6.07, 6.45) is 10.6. The standard InChI is InChI=1S/C22H32O3/c1-14-7-10-21(5)17(13-14)8-11-22(6)18(21)9-12-20(4,19(22)24)15(2)25-16(3)23/h9,12-13,15,17-18H,7-8,10-11H2,1-6H3/t15?,17-,18+,20+,21-,22+/m0/s1. The number of carbonyl (C=O) groups is 2. The first kappa shape index (κ1) is 18.4. The fourth-order valence-corrected chi connectivity index (χ4v) is 5.77. The van der Waals surface area contributed by atoms with E-state index in [1.54, 1.807) is 0 Å². The van der Waals surface area contributed by atoms with Gasteiger partial charge < -0.3 is 4.74 Å². The SMILES string of the molecule is CC(=O)OC(C)[C@@]1(C)C=C[C@@H]2[C@@]3(C)CCC(C)=C[C@@H]3CC[C@@]2(C)C1=O. The van der Waals surface area contributed by atoms with Gasteiger partial charge in [0.2, 0.25) is 0 Å². The van der Waals surface area contributed by atoms with E-state index >= 15 is 0 Å². The molecule has 3 heteroatoms. The molecule has 0 heterocycles. The van der Waals surface area contributed by atoms with E-state index in [-0.39, 0.29) is 28.5 Å². The van der Waals surface area contributed by atoms with Gasteiger partial charge in [0.25, 0.3) is 0 Å². The second-order valence-electron chi connectivity index (χ2n) is 9.28. The molecular formula is C22H32O3. The molecule has 0 aromatic heterocycles. The van der Waals surface area contributed by atoms with Gasteiger partial charge in [0.15, 0.2) is 5.78 Å². The van der Waals surface area contributed by atoms with Crippen LogP contribution in [0.1, 0.15) is 67.2 Å². The van der Waals surface area contributed by atoms with Crippen LogP contribution in [0.3, 0.4) is 0 Å². The molecule has 0 N–H and O–H groups in total. The molecule has 0 amide bonds. The van der Waals surface area contributed by atoms with Crippen LogP contribution in [-0.4, -0.2) is 17.9 Å². The van der Waals surface area contributed by atoms with Gasteiger partial charge in [-0.05, 0) is 63.7 Å². The Morgan fingerprint density at radius 2 is 1.96 bits per heavy atom. The highest BCUT2D eigenvalue weighted by Gasteiger charge is 2.61. The number of carbonyl (C=O) groups excluding carboxylic acids is 2. The van der Waals surface area contributed by atoms with Crippen molar-refractivity contribution in [2.45, 2.75) is 73.3 Å². The van der Waals surface area contributed by atoms with Gasteiger partial charge >= 0.3 is 5.97 Å². The van der Waals surface area contributed by atoms with Gasteiger partial charge in [0, 0.05) is 12.3 Å². The summed E-state index contributed by atoms with van der Waals surface area (Å²) in [5.74, 6) is 0.734. The molecule has 6 atom stereocenters. The Bertz CT molecular complexity index is 660. The van der Waals surface area contributed by atoms with Crippen molar-refractivity contribution in [1.29, 1.82) is 0 Å². The quantitative estimate of drug-likeness (QED) is 0.530. The highest BCUT2D eigenvalue weighted by Crippen LogP contribution is 2.62. The number of rotatable bonds is 2. The van der Waals surface area contributed by atoms with Gasteiger partial charge in [-0.2, -0.15) is 0 Å². The topological polar surface area (TPSA) is 43.4 Å². The predicted molar refractivity (Wildman–Crippen MR) is 98.9 cm³/mol. The largest absolute Gasteiger partial charge is 0.461 e. The van der Waals surface area contributed by atoms with E-state index in [9.17, 15) is 9.59 Å². The van der Waals surface area contributed by atoms with Crippen LogP contribution in [0, 0.1) is 28.1 Å². The highest BCUT2D eigenvalue weighted by molar-refractivity contribution is 5.94. The molecule has 3 aliphatic rings. The Hall–Kier alpha value is -1.38. The van der Waals surface area contributed by atoms with Crippen LogP contribution >= 0.6 is 0 Å². The number of esters is 1. The molecule has 3 rings (SSSR count). The summed E-state index contributed by atoms with van der Waals surface area (Å²) in [5.41, 5.74) is 0.526. The van der Waals surface area contributed by atoms with Gasteiger partial charge in [-0.1, -0.05) is 37.6 Å². The Morgan fingerprint density at radius 3 is 2.60 bits per heavy atom. The van der Waals surface area contributed by atoms with Crippen molar-refractivity contribution in [2.24, 2.45) is 28.1 Å². The molecule has 138 valence electrons. The molecule has 0 bridgehead atoms. The lowest BCUT2D eigenvalue weighted by atomic mass is 9.44. The maximum absolute atomic E-state index is 13.6. The maximum Gasteiger partial charge on any atom is 0.302 e. The minimum Gasteiger partial charge on any atom is -0.461 e. The van der Waals surface area contributed by atoms with Crippen LogP contribution in [0.4, 0.5) is 0 Å². The summed E-state index contributed by atoms with van der Waals surface area (Å²) in [6.45, 7) is 11.9. The second-order valence-corrected chi connectivity index (χ2v) is 9.28. The van der Waals surface area contributed by atoms with Crippen molar-refractivity contribution >= 4 is 11.8 Å². The van der Waals surface area contributed by atoms with E-state index in [2.05, 4.69) is 32.9 Å². The lowest BCUT2D eigenvalue weighted by Crippen LogP contribution is -2.59. The van der Waals surface area contributed by atoms with Crippen LogP contribution in [0.15, 0.2) is 23.8 Å². The van der Waals surface area contributed by atoms with Crippen LogP contribution in [0.2, 0.25) is 0 Å². The first-order chi connectivity index (χ1) is 11.5. The van der Waals surface area contributed by atoms with Crippen molar-refractivity contribution in [3.63, 3.8) is 0 Å². The molecule has 0 spiro atoms. The normalized spacial score (nSPS) is 44.4. The van der Waals surface area contributed by atoms with E-state index in [1.807, 2.05) is 19.9 Å². The molecule has 1 unspecified atom stereocenters. The third-order valence-corrected chi connectivity index (χ3v) is 7.59. The average molecular weight is 344 g/mol. The Kier molecular flexibility index (Phi) is 4.29. The first-order valence-corrected chi connectivity index (χ1v) is 9.63. The zero-order valence-electron chi connectivity index (χ0n) is 16.5. The van der Waals surface area contributed by atoms with Crippen molar-refractivity contribution < 1.29 is 14.3 Å². The van der Waals surface area contributed by atoms with Gasteiger partial charge in [-0.15, -0.1) is 0 Å². The molecule has 1 saturated carbocycles. The summed E-state index contributed by atoms with van der Waals surface area (Å²) >= 11 is 0. The van der Waals surface area contributed by atoms with Crippen LogP contribution in [0.25, 0.3) is 0 Å². The molecule has 0 aromatic rings. The molecule has 0 saturated heterocycles. The number of ether oxygens (including phenoxy) is 1. The Balaban J connectivity index is 2.01. The second kappa shape index (κ2) is 5.82. The van der Waals surface area contributed by atoms with Crippen molar-refractivity contribution in [3.05, 3.63) is 23.8 Å². The predicted octanol–water partition coefficient (Wildman–Crippen LogP) is 4.86.